The number of H-pyrrole nitrogens is 1. The number of nitrogens with one attached hydrogen (secondary N) is 6. The lowest BCUT2D eigenvalue weighted by Gasteiger charge is -2.31. The minimum absolute atomic E-state index is 0.00142. The van der Waals surface area contributed by atoms with Gasteiger partial charge in [0, 0.05) is 68.4 Å². The third-order valence-corrected chi connectivity index (χ3v) is 12.1. The van der Waals surface area contributed by atoms with E-state index >= 15 is 0 Å². The number of pyridine rings is 1. The number of likely N-dealkylation sites (tertiary alicyclic amines) is 1. The van der Waals surface area contributed by atoms with Gasteiger partial charge in [-0.3, -0.25) is 53.3 Å². The SMILES string of the molecule is NC(=O)C[C@H](NC(=O)[C@H](CCCN=C(N)N)NC(=O)[C@@H]1CCCN1C(=O)[C@H](CCCN=C(N)N)NC(=O)[C@H](Cc1ccccc1)NC(=O)[C@H](Cc1c[nH]c2ccccc12)NC(=O)CCc1cccnc1)C(N)=O. The topological polar surface area (TPSA) is 409 Å². The number of guanidine groups is 2. The van der Waals surface area contributed by atoms with Gasteiger partial charge in [0.1, 0.15) is 36.3 Å². The summed E-state index contributed by atoms with van der Waals surface area (Å²) in [6, 6.07) is 12.4. The molecule has 2 aromatic carbocycles. The zero-order valence-electron chi connectivity index (χ0n) is 40.5. The van der Waals surface area contributed by atoms with Crippen molar-refractivity contribution in [3.8, 4) is 0 Å². The zero-order valence-corrected chi connectivity index (χ0v) is 40.5. The first-order chi connectivity index (χ1) is 35.0. The highest BCUT2D eigenvalue weighted by Gasteiger charge is 2.40. The number of aliphatic imine (C=N–C) groups is 2. The van der Waals surface area contributed by atoms with Gasteiger partial charge in [0.15, 0.2) is 11.9 Å². The van der Waals surface area contributed by atoms with Gasteiger partial charge in [0.05, 0.1) is 6.42 Å². The Morgan fingerprint density at radius 3 is 1.92 bits per heavy atom. The quantitative estimate of drug-likeness (QED) is 0.0165. The van der Waals surface area contributed by atoms with Crippen LogP contribution >= 0.6 is 0 Å². The maximum atomic E-state index is 14.7. The van der Waals surface area contributed by atoms with Crippen molar-refractivity contribution in [2.24, 2.45) is 44.4 Å². The van der Waals surface area contributed by atoms with E-state index in [1.54, 1.807) is 55.0 Å². The number of amides is 8. The highest BCUT2D eigenvalue weighted by atomic mass is 16.2. The van der Waals surface area contributed by atoms with E-state index in [0.717, 1.165) is 22.0 Å². The van der Waals surface area contributed by atoms with E-state index in [4.69, 9.17) is 34.4 Å². The number of carbonyl (C=O) groups excluding carboxylic acids is 8. The lowest BCUT2D eigenvalue weighted by molar-refractivity contribution is -0.142. The first-order valence-corrected chi connectivity index (χ1v) is 24.0. The maximum Gasteiger partial charge on any atom is 0.245 e. The molecule has 5 rings (SSSR count). The maximum absolute atomic E-state index is 14.7. The van der Waals surface area contributed by atoms with Crippen molar-refractivity contribution in [2.45, 2.75) is 107 Å². The number of nitrogens with two attached hydrogens (primary N) is 6. The van der Waals surface area contributed by atoms with Gasteiger partial charge in [-0.05, 0) is 73.8 Å². The number of aromatic nitrogens is 2. The Kier molecular flexibility index (Phi) is 21.0. The summed E-state index contributed by atoms with van der Waals surface area (Å²) in [6.07, 6.45) is 5.84. The molecule has 1 aliphatic rings. The molecule has 390 valence electrons. The summed E-state index contributed by atoms with van der Waals surface area (Å²) in [4.78, 5) is 125. The molecular weight excluding hydrogens is 941 g/mol. The van der Waals surface area contributed by atoms with Crippen molar-refractivity contribution in [2.75, 3.05) is 19.6 Å². The van der Waals surface area contributed by atoms with Gasteiger partial charge in [0.2, 0.25) is 47.3 Å². The van der Waals surface area contributed by atoms with E-state index in [2.05, 4.69) is 46.5 Å². The second kappa shape index (κ2) is 27.7. The number of primary amides is 2. The molecule has 4 aromatic rings. The van der Waals surface area contributed by atoms with Crippen molar-refractivity contribution >= 4 is 70.1 Å². The minimum atomic E-state index is -1.47. The molecule has 18 N–H and O–H groups in total. The molecule has 6 atom stereocenters. The zero-order chi connectivity index (χ0) is 52.9. The molecule has 2 aromatic heterocycles. The van der Waals surface area contributed by atoms with Crippen LogP contribution in [0.1, 0.15) is 68.1 Å². The second-order valence-electron chi connectivity index (χ2n) is 17.6. The van der Waals surface area contributed by atoms with Crippen LogP contribution in [0.3, 0.4) is 0 Å². The Morgan fingerprint density at radius 2 is 1.27 bits per heavy atom. The lowest BCUT2D eigenvalue weighted by Crippen LogP contribution is -2.60. The molecule has 24 heteroatoms. The Labute approximate surface area is 421 Å². The Hall–Kier alpha value is -8.57. The standard InChI is InChI=1S/C49H66N16O8/c50-40(66)26-36(42(51)68)63-43(69)34(15-7-21-57-48(52)53)61-46(72)39-17-9-23-65(39)47(73)35(16-8-22-58-49(54)55)62-44(70)37(24-29-10-2-1-3-11-29)64-45(71)38(25-31-28-59-33-14-5-4-13-32(31)33)60-41(67)19-18-30-12-6-20-56-27-30/h1-6,10-14,20,27-28,34-39,59H,7-9,15-19,21-26H2,(H2,50,66)(H2,51,68)(H,60,67)(H,61,72)(H,62,70)(H,63,69)(H,64,71)(H4,52,53,57)(H4,54,55,58)/t34-,35-,36-,37-,38-,39-/m0/s1. The van der Waals surface area contributed by atoms with Crippen LogP contribution in [0.4, 0.5) is 0 Å². The normalized spacial score (nSPS) is 15.1. The van der Waals surface area contributed by atoms with Crippen LogP contribution in [-0.4, -0.2) is 130 Å². The predicted molar refractivity (Wildman–Crippen MR) is 272 cm³/mol. The molecule has 1 aliphatic heterocycles. The molecule has 8 amide bonds. The van der Waals surface area contributed by atoms with E-state index in [9.17, 15) is 38.4 Å². The number of benzene rings is 2. The fraction of sp³-hybridized carbons (Fsp3) is 0.408. The highest BCUT2D eigenvalue weighted by molar-refractivity contribution is 5.98. The number of aryl methyl sites for hydroxylation is 1. The molecule has 73 heavy (non-hydrogen) atoms. The number of fused-ring (bicyclic) bond motifs is 1. The molecule has 0 bridgehead atoms. The average molecular weight is 1010 g/mol. The summed E-state index contributed by atoms with van der Waals surface area (Å²) in [7, 11) is 0. The van der Waals surface area contributed by atoms with Gasteiger partial charge >= 0.3 is 0 Å². The Balaban J connectivity index is 1.39. The molecule has 0 unspecified atom stereocenters. The summed E-state index contributed by atoms with van der Waals surface area (Å²) >= 11 is 0. The fourth-order valence-electron chi connectivity index (χ4n) is 8.40. The summed E-state index contributed by atoms with van der Waals surface area (Å²) in [5, 5.41) is 14.5. The average Bonchev–Trinajstić information content (AvgIpc) is 4.02. The van der Waals surface area contributed by atoms with Gasteiger partial charge in [-0.2, -0.15) is 0 Å². The lowest BCUT2D eigenvalue weighted by atomic mass is 10.0. The number of nitrogens with zero attached hydrogens (tertiary/aromatic N) is 4. The van der Waals surface area contributed by atoms with E-state index in [1.807, 2.05) is 30.3 Å². The van der Waals surface area contributed by atoms with E-state index in [1.165, 1.54) is 4.90 Å². The smallest absolute Gasteiger partial charge is 0.245 e. The molecule has 0 saturated carbocycles. The number of hydrogen-bond acceptors (Lipinski definition) is 11. The summed E-state index contributed by atoms with van der Waals surface area (Å²) in [5.74, 6) is -6.33. The van der Waals surface area contributed by atoms with Crippen LogP contribution in [-0.2, 0) is 57.6 Å². The largest absolute Gasteiger partial charge is 0.370 e. The fourth-order valence-corrected chi connectivity index (χ4v) is 8.40. The van der Waals surface area contributed by atoms with Crippen molar-refractivity contribution < 1.29 is 38.4 Å². The Morgan fingerprint density at radius 1 is 0.671 bits per heavy atom. The second-order valence-corrected chi connectivity index (χ2v) is 17.6. The molecule has 1 fully saturated rings. The van der Waals surface area contributed by atoms with Crippen LogP contribution in [0.15, 0.2) is 95.3 Å². The van der Waals surface area contributed by atoms with Gasteiger partial charge in [-0.25, -0.2) is 0 Å². The van der Waals surface area contributed by atoms with Crippen LogP contribution in [0.5, 0.6) is 0 Å². The van der Waals surface area contributed by atoms with Crippen LogP contribution in [0.2, 0.25) is 0 Å². The first kappa shape index (κ1) is 55.4. The van der Waals surface area contributed by atoms with Crippen molar-refractivity contribution in [1.29, 1.82) is 0 Å². The van der Waals surface area contributed by atoms with Crippen LogP contribution in [0, 0.1) is 0 Å². The number of hydrogen-bond donors (Lipinski definition) is 12. The molecular formula is C49H66N16O8. The van der Waals surface area contributed by atoms with Crippen molar-refractivity contribution in [3.05, 3.63) is 102 Å². The predicted octanol–water partition coefficient (Wildman–Crippen LogP) is -2.14. The minimum Gasteiger partial charge on any atom is -0.370 e. The van der Waals surface area contributed by atoms with Gasteiger partial charge < -0.3 is 70.9 Å². The van der Waals surface area contributed by atoms with E-state index in [-0.39, 0.29) is 82.9 Å². The molecule has 0 spiro atoms. The summed E-state index contributed by atoms with van der Waals surface area (Å²) in [5.41, 5.74) is 35.8. The number of carbonyl (C=O) groups is 8. The summed E-state index contributed by atoms with van der Waals surface area (Å²) < 4.78 is 0. The first-order valence-electron chi connectivity index (χ1n) is 24.0. The van der Waals surface area contributed by atoms with Crippen molar-refractivity contribution in [1.82, 2.24) is 41.5 Å². The molecule has 1 saturated heterocycles. The van der Waals surface area contributed by atoms with Gasteiger partial charge in [0.25, 0.3) is 0 Å². The third-order valence-electron chi connectivity index (χ3n) is 12.1. The third kappa shape index (κ3) is 17.7. The highest BCUT2D eigenvalue weighted by Crippen LogP contribution is 2.22. The molecule has 3 heterocycles. The summed E-state index contributed by atoms with van der Waals surface area (Å²) in [6.45, 7) is 0.265. The molecule has 0 radical (unpaired) electrons. The Bertz CT molecular complexity index is 2600. The monoisotopic (exact) mass is 1010 g/mol. The van der Waals surface area contributed by atoms with E-state index in [0.29, 0.717) is 18.4 Å². The van der Waals surface area contributed by atoms with Crippen molar-refractivity contribution in [3.63, 3.8) is 0 Å². The van der Waals surface area contributed by atoms with Crippen LogP contribution < -0.4 is 61.0 Å². The van der Waals surface area contributed by atoms with Crippen LogP contribution in [0.25, 0.3) is 10.9 Å². The van der Waals surface area contributed by atoms with Gasteiger partial charge in [-0.15, -0.1) is 0 Å². The van der Waals surface area contributed by atoms with E-state index < -0.39 is 89.9 Å². The van der Waals surface area contributed by atoms with Gasteiger partial charge in [-0.1, -0.05) is 54.6 Å². The number of aromatic amines is 1. The molecule has 24 nitrogen and oxygen atoms in total. The number of para-hydroxylation sites is 1. The number of rotatable bonds is 28. The molecule has 0 aliphatic carbocycles.